The fourth-order valence-electron chi connectivity index (χ4n) is 1.51. The van der Waals surface area contributed by atoms with Crippen LogP contribution in [-0.2, 0) is 13.5 Å². The summed E-state index contributed by atoms with van der Waals surface area (Å²) in [6, 6.07) is 1.90. The maximum Gasteiger partial charge on any atom is 0.158 e. The van der Waals surface area contributed by atoms with Crippen molar-refractivity contribution in [2.24, 2.45) is 7.05 Å². The molecule has 0 aliphatic heterocycles. The quantitative estimate of drug-likeness (QED) is 0.846. The van der Waals surface area contributed by atoms with E-state index >= 15 is 0 Å². The van der Waals surface area contributed by atoms with E-state index in [9.17, 15) is 0 Å². The molecule has 0 radical (unpaired) electrons. The van der Waals surface area contributed by atoms with Crippen LogP contribution >= 0.6 is 0 Å². The van der Waals surface area contributed by atoms with Crippen molar-refractivity contribution in [3.8, 4) is 11.5 Å². The molecule has 2 aromatic heterocycles. The molecular weight excluding hydrogens is 202 g/mol. The largest absolute Gasteiger partial charge is 0.373 e. The van der Waals surface area contributed by atoms with Gasteiger partial charge >= 0.3 is 0 Å². The molecule has 16 heavy (non-hydrogen) atoms. The van der Waals surface area contributed by atoms with Gasteiger partial charge in [-0.25, -0.2) is 15.0 Å². The van der Waals surface area contributed by atoms with Crippen molar-refractivity contribution in [2.75, 3.05) is 12.4 Å². The van der Waals surface area contributed by atoms with Gasteiger partial charge in [-0.3, -0.25) is 0 Å². The molecule has 2 aromatic rings. The first kappa shape index (κ1) is 10.6. The Hall–Kier alpha value is -1.91. The number of anilines is 1. The number of hydrogen-bond acceptors (Lipinski definition) is 4. The summed E-state index contributed by atoms with van der Waals surface area (Å²) >= 11 is 0. The summed E-state index contributed by atoms with van der Waals surface area (Å²) in [5.74, 6) is 2.50. The Morgan fingerprint density at radius 2 is 2.19 bits per heavy atom. The van der Waals surface area contributed by atoms with Crippen LogP contribution in [0.2, 0.25) is 0 Å². The van der Waals surface area contributed by atoms with E-state index in [0.717, 1.165) is 29.6 Å². The average molecular weight is 217 g/mol. The molecule has 0 fully saturated rings. The van der Waals surface area contributed by atoms with Crippen molar-refractivity contribution >= 4 is 5.82 Å². The highest BCUT2D eigenvalue weighted by molar-refractivity contribution is 5.55. The Balaban J connectivity index is 2.52. The summed E-state index contributed by atoms with van der Waals surface area (Å²) in [6.07, 6.45) is 4.48. The second kappa shape index (κ2) is 4.30. The van der Waals surface area contributed by atoms with Crippen molar-refractivity contribution in [1.82, 2.24) is 19.5 Å². The van der Waals surface area contributed by atoms with Crippen LogP contribution in [0.1, 0.15) is 12.7 Å². The summed E-state index contributed by atoms with van der Waals surface area (Å²) in [5.41, 5.74) is 0.851. The third kappa shape index (κ3) is 1.88. The minimum Gasteiger partial charge on any atom is -0.373 e. The van der Waals surface area contributed by atoms with Gasteiger partial charge in [0, 0.05) is 39.0 Å². The zero-order valence-electron chi connectivity index (χ0n) is 9.73. The molecule has 0 amide bonds. The molecule has 0 aromatic carbocycles. The standard InChI is InChI=1S/C11H15N5/c1-4-9-14-8(7-10(12-2)15-9)11-13-5-6-16(11)3/h5-7H,4H2,1-3H3,(H,12,14,15). The number of nitrogens with one attached hydrogen (secondary N) is 1. The lowest BCUT2D eigenvalue weighted by Crippen LogP contribution is -2.03. The van der Waals surface area contributed by atoms with E-state index in [1.165, 1.54) is 0 Å². The number of imidazole rings is 1. The van der Waals surface area contributed by atoms with Gasteiger partial charge in [0.2, 0.25) is 0 Å². The summed E-state index contributed by atoms with van der Waals surface area (Å²) in [5, 5.41) is 3.04. The predicted molar refractivity (Wildman–Crippen MR) is 63.2 cm³/mol. The Bertz CT molecular complexity index is 467. The van der Waals surface area contributed by atoms with E-state index in [4.69, 9.17) is 0 Å². The summed E-state index contributed by atoms with van der Waals surface area (Å²) in [4.78, 5) is 13.1. The first-order chi connectivity index (χ1) is 7.74. The minimum atomic E-state index is 0.812. The maximum absolute atomic E-state index is 4.47. The van der Waals surface area contributed by atoms with Crippen LogP contribution in [0, 0.1) is 0 Å². The molecule has 0 saturated carbocycles. The molecular formula is C11H15N5. The van der Waals surface area contributed by atoms with Gasteiger partial charge < -0.3 is 9.88 Å². The molecule has 5 heteroatoms. The molecule has 0 spiro atoms. The van der Waals surface area contributed by atoms with Crippen molar-refractivity contribution in [3.05, 3.63) is 24.3 Å². The van der Waals surface area contributed by atoms with Gasteiger partial charge in [0.05, 0.1) is 0 Å². The monoisotopic (exact) mass is 217 g/mol. The molecule has 0 atom stereocenters. The highest BCUT2D eigenvalue weighted by Crippen LogP contribution is 2.17. The molecule has 0 bridgehead atoms. The Kier molecular flexibility index (Phi) is 2.85. The fraction of sp³-hybridized carbons (Fsp3) is 0.364. The van der Waals surface area contributed by atoms with Crippen molar-refractivity contribution in [2.45, 2.75) is 13.3 Å². The van der Waals surface area contributed by atoms with Crippen LogP contribution in [0.4, 0.5) is 5.82 Å². The Morgan fingerprint density at radius 1 is 1.38 bits per heavy atom. The van der Waals surface area contributed by atoms with Crippen LogP contribution in [0.3, 0.4) is 0 Å². The molecule has 0 unspecified atom stereocenters. The second-order valence-electron chi connectivity index (χ2n) is 3.52. The summed E-state index contributed by atoms with van der Waals surface area (Å²) in [6.45, 7) is 2.04. The average Bonchev–Trinajstić information content (AvgIpc) is 2.74. The van der Waals surface area contributed by atoms with E-state index in [-0.39, 0.29) is 0 Å². The van der Waals surface area contributed by atoms with Crippen molar-refractivity contribution in [1.29, 1.82) is 0 Å². The van der Waals surface area contributed by atoms with E-state index in [2.05, 4.69) is 20.3 Å². The molecule has 0 aliphatic carbocycles. The van der Waals surface area contributed by atoms with Gasteiger partial charge in [-0.1, -0.05) is 6.92 Å². The number of rotatable bonds is 3. The van der Waals surface area contributed by atoms with Crippen molar-refractivity contribution in [3.63, 3.8) is 0 Å². The number of aromatic nitrogens is 4. The van der Waals surface area contributed by atoms with E-state index in [1.54, 1.807) is 6.20 Å². The van der Waals surface area contributed by atoms with Gasteiger partial charge in [0.1, 0.15) is 17.3 Å². The van der Waals surface area contributed by atoms with Crippen molar-refractivity contribution < 1.29 is 0 Å². The summed E-state index contributed by atoms with van der Waals surface area (Å²) < 4.78 is 1.95. The van der Waals surface area contributed by atoms with Gasteiger partial charge in [0.15, 0.2) is 5.82 Å². The number of hydrogen-bond donors (Lipinski definition) is 1. The van der Waals surface area contributed by atoms with Crippen LogP contribution in [0.15, 0.2) is 18.5 Å². The zero-order valence-corrected chi connectivity index (χ0v) is 9.73. The summed E-state index contributed by atoms with van der Waals surface area (Å²) in [7, 11) is 3.80. The van der Waals surface area contributed by atoms with Crippen LogP contribution < -0.4 is 5.32 Å². The normalized spacial score (nSPS) is 10.4. The smallest absolute Gasteiger partial charge is 0.158 e. The predicted octanol–water partition coefficient (Wildman–Crippen LogP) is 1.48. The maximum atomic E-state index is 4.47. The third-order valence-electron chi connectivity index (χ3n) is 2.40. The molecule has 2 heterocycles. The fourth-order valence-corrected chi connectivity index (χ4v) is 1.51. The van der Waals surface area contributed by atoms with E-state index in [1.807, 2.05) is 37.8 Å². The van der Waals surface area contributed by atoms with Gasteiger partial charge in [0.25, 0.3) is 0 Å². The minimum absolute atomic E-state index is 0.812. The lowest BCUT2D eigenvalue weighted by atomic mass is 10.3. The van der Waals surface area contributed by atoms with E-state index < -0.39 is 0 Å². The topological polar surface area (TPSA) is 55.6 Å². The van der Waals surface area contributed by atoms with Gasteiger partial charge in [-0.05, 0) is 0 Å². The molecule has 5 nitrogen and oxygen atoms in total. The Morgan fingerprint density at radius 3 is 2.75 bits per heavy atom. The first-order valence-electron chi connectivity index (χ1n) is 5.28. The zero-order chi connectivity index (χ0) is 11.5. The van der Waals surface area contributed by atoms with Gasteiger partial charge in [-0.2, -0.15) is 0 Å². The highest BCUT2D eigenvalue weighted by Gasteiger charge is 2.08. The SMILES string of the molecule is CCc1nc(NC)cc(-c2nccn2C)n1. The Labute approximate surface area is 94.6 Å². The lowest BCUT2D eigenvalue weighted by molar-refractivity contribution is 0.895. The highest BCUT2D eigenvalue weighted by atomic mass is 15.1. The number of aryl methyl sites for hydroxylation is 2. The van der Waals surface area contributed by atoms with E-state index in [0.29, 0.717) is 0 Å². The van der Waals surface area contributed by atoms with Gasteiger partial charge in [-0.15, -0.1) is 0 Å². The molecule has 84 valence electrons. The molecule has 2 rings (SSSR count). The van der Waals surface area contributed by atoms with Crippen LogP contribution in [0.25, 0.3) is 11.5 Å². The molecule has 1 N–H and O–H groups in total. The first-order valence-corrected chi connectivity index (χ1v) is 5.28. The molecule has 0 saturated heterocycles. The number of nitrogens with zero attached hydrogens (tertiary/aromatic N) is 4. The molecule has 0 aliphatic rings. The third-order valence-corrected chi connectivity index (χ3v) is 2.40. The van der Waals surface area contributed by atoms with Crippen LogP contribution in [-0.4, -0.2) is 26.6 Å². The van der Waals surface area contributed by atoms with Crippen LogP contribution in [0.5, 0.6) is 0 Å². The second-order valence-corrected chi connectivity index (χ2v) is 3.52. The lowest BCUT2D eigenvalue weighted by Gasteiger charge is -2.06.